The first-order chi connectivity index (χ1) is 8.00. The van der Waals surface area contributed by atoms with Crippen LogP contribution in [0, 0.1) is 0 Å². The van der Waals surface area contributed by atoms with Gasteiger partial charge < -0.3 is 10.6 Å². The number of amides is 2. The Morgan fingerprint density at radius 3 is 2.71 bits per heavy atom. The second kappa shape index (κ2) is 6.59. The Morgan fingerprint density at radius 1 is 1.35 bits per heavy atom. The largest absolute Gasteiger partial charge is 0.355 e. The first kappa shape index (κ1) is 14.0. The van der Waals surface area contributed by atoms with Crippen LogP contribution in [-0.4, -0.2) is 36.5 Å². The first-order valence-electron chi connectivity index (χ1n) is 6.35. The van der Waals surface area contributed by atoms with Crippen molar-refractivity contribution in [1.82, 2.24) is 16.0 Å². The predicted molar refractivity (Wildman–Crippen MR) is 66.5 cm³/mol. The monoisotopic (exact) mass is 241 g/mol. The lowest BCUT2D eigenvalue weighted by Crippen LogP contribution is -2.52. The number of carbonyl (C=O) groups excluding carboxylic acids is 2. The molecule has 17 heavy (non-hydrogen) atoms. The summed E-state index contributed by atoms with van der Waals surface area (Å²) >= 11 is 0. The average molecular weight is 241 g/mol. The maximum atomic E-state index is 11.7. The van der Waals surface area contributed by atoms with Gasteiger partial charge in [0, 0.05) is 12.6 Å². The molecule has 1 aliphatic rings. The lowest BCUT2D eigenvalue weighted by molar-refractivity contribution is -0.125. The number of carbonyl (C=O) groups is 2. The van der Waals surface area contributed by atoms with Crippen molar-refractivity contribution in [3.05, 3.63) is 0 Å². The van der Waals surface area contributed by atoms with E-state index in [1.165, 1.54) is 0 Å². The van der Waals surface area contributed by atoms with E-state index in [2.05, 4.69) is 16.0 Å². The third-order valence-electron chi connectivity index (χ3n) is 2.81. The molecular weight excluding hydrogens is 218 g/mol. The van der Waals surface area contributed by atoms with E-state index in [1.807, 2.05) is 13.8 Å². The van der Waals surface area contributed by atoms with Gasteiger partial charge in [0.05, 0.1) is 12.1 Å². The quantitative estimate of drug-likeness (QED) is 0.656. The van der Waals surface area contributed by atoms with E-state index in [0.29, 0.717) is 0 Å². The van der Waals surface area contributed by atoms with Crippen LogP contribution in [0.3, 0.4) is 0 Å². The Labute approximate surface area is 103 Å². The topological polar surface area (TPSA) is 70.2 Å². The van der Waals surface area contributed by atoms with Crippen molar-refractivity contribution in [3.63, 3.8) is 0 Å². The summed E-state index contributed by atoms with van der Waals surface area (Å²) in [6.45, 7) is 6.37. The van der Waals surface area contributed by atoms with E-state index in [-0.39, 0.29) is 29.9 Å². The summed E-state index contributed by atoms with van der Waals surface area (Å²) in [4.78, 5) is 23.4. The minimum absolute atomic E-state index is 0.00620. The van der Waals surface area contributed by atoms with Crippen LogP contribution in [0.1, 0.15) is 40.0 Å². The molecule has 1 heterocycles. The van der Waals surface area contributed by atoms with E-state index in [9.17, 15) is 9.59 Å². The van der Waals surface area contributed by atoms with Crippen LogP contribution in [-0.2, 0) is 9.59 Å². The van der Waals surface area contributed by atoms with Gasteiger partial charge in [-0.25, -0.2) is 0 Å². The maximum absolute atomic E-state index is 11.7. The Bertz CT molecular complexity index is 279. The Balaban J connectivity index is 2.45. The zero-order valence-electron chi connectivity index (χ0n) is 10.9. The van der Waals surface area contributed by atoms with E-state index >= 15 is 0 Å². The summed E-state index contributed by atoms with van der Waals surface area (Å²) in [6.07, 6.45) is 2.82. The summed E-state index contributed by atoms with van der Waals surface area (Å²) < 4.78 is 0. The van der Waals surface area contributed by atoms with E-state index in [4.69, 9.17) is 0 Å². The van der Waals surface area contributed by atoms with Crippen LogP contribution in [0.2, 0.25) is 0 Å². The molecule has 0 spiro atoms. The normalized spacial score (nSPS) is 22.8. The van der Waals surface area contributed by atoms with Gasteiger partial charge in [-0.15, -0.1) is 0 Å². The number of rotatable bonds is 4. The molecule has 0 aromatic rings. The smallest absolute Gasteiger partial charge is 0.237 e. The summed E-state index contributed by atoms with van der Waals surface area (Å²) in [5.74, 6) is -0.0521. The summed E-state index contributed by atoms with van der Waals surface area (Å²) in [5.41, 5.74) is 0. The summed E-state index contributed by atoms with van der Waals surface area (Å²) in [6, 6.07) is -0.466. The minimum atomic E-state index is -0.341. The molecule has 2 unspecified atom stereocenters. The lowest BCUT2D eigenvalue weighted by Gasteiger charge is -2.21. The van der Waals surface area contributed by atoms with Gasteiger partial charge in [0.2, 0.25) is 11.8 Å². The molecule has 3 N–H and O–H groups in total. The molecule has 0 aliphatic carbocycles. The number of hydrogen-bond acceptors (Lipinski definition) is 3. The second-order valence-corrected chi connectivity index (χ2v) is 4.89. The van der Waals surface area contributed by atoms with E-state index in [0.717, 1.165) is 25.8 Å². The third kappa shape index (κ3) is 4.73. The predicted octanol–water partition coefficient (Wildman–Crippen LogP) is 0.158. The highest BCUT2D eigenvalue weighted by Crippen LogP contribution is 2.06. The Kier molecular flexibility index (Phi) is 5.41. The van der Waals surface area contributed by atoms with Gasteiger partial charge in [-0.05, 0) is 40.0 Å². The summed E-state index contributed by atoms with van der Waals surface area (Å²) in [7, 11) is 0. The Morgan fingerprint density at radius 2 is 2.06 bits per heavy atom. The van der Waals surface area contributed by atoms with Crippen molar-refractivity contribution in [2.24, 2.45) is 0 Å². The standard InChI is InChI=1S/C12H23N3O2/c1-8(2)14-11(16)9(3)15-10-6-4-5-7-13-12(10)17/h8-10,15H,4-7H2,1-3H3,(H,13,17)(H,14,16). The molecule has 0 radical (unpaired) electrons. The van der Waals surface area contributed by atoms with Crippen LogP contribution in [0.15, 0.2) is 0 Å². The molecule has 1 aliphatic heterocycles. The van der Waals surface area contributed by atoms with Crippen molar-refractivity contribution in [2.45, 2.75) is 58.2 Å². The van der Waals surface area contributed by atoms with Gasteiger partial charge in [-0.3, -0.25) is 14.9 Å². The van der Waals surface area contributed by atoms with Crippen molar-refractivity contribution < 1.29 is 9.59 Å². The molecule has 2 atom stereocenters. The molecule has 1 rings (SSSR count). The third-order valence-corrected chi connectivity index (χ3v) is 2.81. The van der Waals surface area contributed by atoms with Crippen LogP contribution < -0.4 is 16.0 Å². The highest BCUT2D eigenvalue weighted by atomic mass is 16.2. The molecule has 1 fully saturated rings. The molecule has 0 saturated carbocycles. The first-order valence-corrected chi connectivity index (χ1v) is 6.35. The highest BCUT2D eigenvalue weighted by Gasteiger charge is 2.24. The van der Waals surface area contributed by atoms with Crippen LogP contribution in [0.4, 0.5) is 0 Å². The molecule has 98 valence electrons. The fourth-order valence-electron chi connectivity index (χ4n) is 1.89. The molecule has 0 aromatic heterocycles. The number of hydrogen-bond donors (Lipinski definition) is 3. The fourth-order valence-corrected chi connectivity index (χ4v) is 1.89. The second-order valence-electron chi connectivity index (χ2n) is 4.89. The van der Waals surface area contributed by atoms with Gasteiger partial charge in [0.15, 0.2) is 0 Å². The zero-order valence-corrected chi connectivity index (χ0v) is 10.9. The van der Waals surface area contributed by atoms with Crippen LogP contribution in [0.5, 0.6) is 0 Å². The van der Waals surface area contributed by atoms with E-state index in [1.54, 1.807) is 6.92 Å². The van der Waals surface area contributed by atoms with Gasteiger partial charge in [-0.1, -0.05) is 0 Å². The molecule has 5 heteroatoms. The Hall–Kier alpha value is -1.10. The van der Waals surface area contributed by atoms with Crippen molar-refractivity contribution in [3.8, 4) is 0 Å². The van der Waals surface area contributed by atoms with Crippen molar-refractivity contribution in [2.75, 3.05) is 6.54 Å². The summed E-state index contributed by atoms with van der Waals surface area (Å²) in [5, 5.41) is 8.77. The van der Waals surface area contributed by atoms with Gasteiger partial charge in [0.1, 0.15) is 0 Å². The lowest BCUT2D eigenvalue weighted by atomic mass is 10.1. The minimum Gasteiger partial charge on any atom is -0.355 e. The van der Waals surface area contributed by atoms with Crippen molar-refractivity contribution >= 4 is 11.8 Å². The molecule has 0 aromatic carbocycles. The van der Waals surface area contributed by atoms with Crippen molar-refractivity contribution in [1.29, 1.82) is 0 Å². The molecule has 2 amide bonds. The molecule has 1 saturated heterocycles. The van der Waals surface area contributed by atoms with Gasteiger partial charge in [0.25, 0.3) is 0 Å². The van der Waals surface area contributed by atoms with Gasteiger partial charge >= 0.3 is 0 Å². The van der Waals surface area contributed by atoms with Gasteiger partial charge in [-0.2, -0.15) is 0 Å². The molecule has 0 bridgehead atoms. The number of nitrogens with one attached hydrogen (secondary N) is 3. The highest BCUT2D eigenvalue weighted by molar-refractivity contribution is 5.85. The maximum Gasteiger partial charge on any atom is 0.237 e. The van der Waals surface area contributed by atoms with E-state index < -0.39 is 0 Å². The molecular formula is C12H23N3O2. The zero-order chi connectivity index (χ0) is 12.8. The SMILES string of the molecule is CC(C)NC(=O)C(C)NC1CCCCNC1=O. The average Bonchev–Trinajstić information content (AvgIpc) is 2.43. The van der Waals surface area contributed by atoms with Crippen LogP contribution in [0.25, 0.3) is 0 Å². The fraction of sp³-hybridized carbons (Fsp3) is 0.833. The molecule has 5 nitrogen and oxygen atoms in total. The van der Waals surface area contributed by atoms with Crippen LogP contribution >= 0.6 is 0 Å².